The monoisotopic (exact) mass is 304 g/mol. The van der Waals surface area contributed by atoms with E-state index in [1.54, 1.807) is 0 Å². The first-order chi connectivity index (χ1) is 11.3. The summed E-state index contributed by atoms with van der Waals surface area (Å²) < 4.78 is 0. The van der Waals surface area contributed by atoms with Crippen molar-refractivity contribution >= 4 is 16.9 Å². The van der Waals surface area contributed by atoms with E-state index in [-0.39, 0.29) is 0 Å². The van der Waals surface area contributed by atoms with E-state index >= 15 is 0 Å². The fraction of sp³-hybridized carbons (Fsp3) is 0.263. The van der Waals surface area contributed by atoms with Crippen molar-refractivity contribution in [3.05, 3.63) is 54.1 Å². The van der Waals surface area contributed by atoms with Crippen LogP contribution in [-0.4, -0.2) is 36.1 Å². The van der Waals surface area contributed by atoms with Crippen molar-refractivity contribution in [2.75, 3.05) is 31.1 Å². The first kappa shape index (κ1) is 14.2. The quantitative estimate of drug-likeness (QED) is 0.790. The highest BCUT2D eigenvalue weighted by Crippen LogP contribution is 2.28. The van der Waals surface area contributed by atoms with Crippen molar-refractivity contribution in [3.8, 4) is 11.3 Å². The maximum atomic E-state index is 4.91. The second-order valence-electron chi connectivity index (χ2n) is 5.99. The van der Waals surface area contributed by atoms with Gasteiger partial charge < -0.3 is 10.2 Å². The number of piperazine rings is 1. The minimum Gasteiger partial charge on any atom is -0.338 e. The van der Waals surface area contributed by atoms with Gasteiger partial charge in [-0.05, 0) is 13.0 Å². The summed E-state index contributed by atoms with van der Waals surface area (Å²) in [7, 11) is 0. The second kappa shape index (κ2) is 5.97. The van der Waals surface area contributed by atoms with Crippen LogP contribution < -0.4 is 10.2 Å². The molecule has 0 atom stereocenters. The van der Waals surface area contributed by atoms with Crippen molar-refractivity contribution in [1.82, 2.24) is 15.3 Å². The van der Waals surface area contributed by atoms with Crippen LogP contribution in [0.25, 0.3) is 22.2 Å². The number of hydrogen-bond acceptors (Lipinski definition) is 4. The molecule has 0 spiro atoms. The van der Waals surface area contributed by atoms with Gasteiger partial charge in [-0.1, -0.05) is 48.0 Å². The highest BCUT2D eigenvalue weighted by Gasteiger charge is 2.16. The number of fused-ring (bicyclic) bond motifs is 1. The summed E-state index contributed by atoms with van der Waals surface area (Å²) in [6, 6.07) is 16.8. The average molecular weight is 304 g/mol. The fourth-order valence-electron chi connectivity index (χ4n) is 3.00. The number of aromatic nitrogens is 2. The van der Waals surface area contributed by atoms with Crippen LogP contribution in [0.2, 0.25) is 0 Å². The normalized spacial score (nSPS) is 15.1. The molecule has 0 radical (unpaired) electrons. The molecule has 0 amide bonds. The lowest BCUT2D eigenvalue weighted by molar-refractivity contribution is 0.581. The van der Waals surface area contributed by atoms with E-state index in [0.717, 1.165) is 54.3 Å². The maximum absolute atomic E-state index is 4.91. The largest absolute Gasteiger partial charge is 0.338 e. The first-order valence-electron chi connectivity index (χ1n) is 8.11. The number of para-hydroxylation sites is 1. The molecule has 2 aromatic carbocycles. The zero-order chi connectivity index (χ0) is 15.6. The second-order valence-corrected chi connectivity index (χ2v) is 5.99. The summed E-state index contributed by atoms with van der Waals surface area (Å²) >= 11 is 0. The van der Waals surface area contributed by atoms with Gasteiger partial charge in [-0.25, -0.2) is 9.97 Å². The lowest BCUT2D eigenvalue weighted by Gasteiger charge is -2.28. The predicted octanol–water partition coefficient (Wildman–Crippen LogP) is 3.01. The SMILES string of the molecule is Cc1ccc(-c2nc(N3CCNCC3)nc3ccccc23)cc1. The van der Waals surface area contributed by atoms with E-state index in [1.807, 2.05) is 12.1 Å². The number of nitrogens with zero attached hydrogens (tertiary/aromatic N) is 3. The van der Waals surface area contributed by atoms with E-state index in [1.165, 1.54) is 5.56 Å². The Morgan fingerprint density at radius 1 is 0.913 bits per heavy atom. The molecule has 1 aliphatic rings. The van der Waals surface area contributed by atoms with E-state index in [2.05, 4.69) is 53.5 Å². The Morgan fingerprint density at radius 2 is 1.65 bits per heavy atom. The van der Waals surface area contributed by atoms with Gasteiger partial charge in [0.25, 0.3) is 0 Å². The molecular weight excluding hydrogens is 284 g/mol. The topological polar surface area (TPSA) is 41.1 Å². The van der Waals surface area contributed by atoms with Crippen molar-refractivity contribution in [1.29, 1.82) is 0 Å². The smallest absolute Gasteiger partial charge is 0.226 e. The van der Waals surface area contributed by atoms with Crippen LogP contribution in [0, 0.1) is 6.92 Å². The molecule has 3 aromatic rings. The van der Waals surface area contributed by atoms with Gasteiger partial charge in [-0.2, -0.15) is 0 Å². The number of anilines is 1. The summed E-state index contributed by atoms with van der Waals surface area (Å²) in [5.41, 5.74) is 4.43. The Kier molecular flexibility index (Phi) is 3.67. The van der Waals surface area contributed by atoms with E-state index in [4.69, 9.17) is 9.97 Å². The molecule has 0 saturated carbocycles. The van der Waals surface area contributed by atoms with Crippen molar-refractivity contribution in [2.24, 2.45) is 0 Å². The van der Waals surface area contributed by atoms with Gasteiger partial charge in [0.2, 0.25) is 5.95 Å². The van der Waals surface area contributed by atoms with Gasteiger partial charge in [0.15, 0.2) is 0 Å². The molecule has 116 valence electrons. The Bertz CT molecular complexity index is 820. The molecule has 1 N–H and O–H groups in total. The molecule has 1 aromatic heterocycles. The number of benzene rings is 2. The Balaban J connectivity index is 1.88. The number of nitrogens with one attached hydrogen (secondary N) is 1. The highest BCUT2D eigenvalue weighted by molar-refractivity contribution is 5.93. The van der Waals surface area contributed by atoms with Crippen molar-refractivity contribution in [3.63, 3.8) is 0 Å². The van der Waals surface area contributed by atoms with Crippen molar-refractivity contribution < 1.29 is 0 Å². The van der Waals surface area contributed by atoms with Crippen LogP contribution >= 0.6 is 0 Å². The molecule has 0 bridgehead atoms. The van der Waals surface area contributed by atoms with Crippen molar-refractivity contribution in [2.45, 2.75) is 6.92 Å². The third-order valence-corrected chi connectivity index (χ3v) is 4.32. The molecule has 4 heteroatoms. The minimum absolute atomic E-state index is 0.834. The van der Waals surface area contributed by atoms with E-state index < -0.39 is 0 Å². The Hall–Kier alpha value is -2.46. The molecule has 0 unspecified atom stereocenters. The summed E-state index contributed by atoms with van der Waals surface area (Å²) in [5, 5.41) is 4.48. The van der Waals surface area contributed by atoms with Crippen LogP contribution in [0.5, 0.6) is 0 Å². The molecule has 4 nitrogen and oxygen atoms in total. The van der Waals surface area contributed by atoms with Gasteiger partial charge in [0.1, 0.15) is 0 Å². The number of hydrogen-bond donors (Lipinski definition) is 1. The zero-order valence-electron chi connectivity index (χ0n) is 13.3. The summed E-state index contributed by atoms with van der Waals surface area (Å²) in [5.74, 6) is 0.834. The third-order valence-electron chi connectivity index (χ3n) is 4.32. The summed E-state index contributed by atoms with van der Waals surface area (Å²) in [6.07, 6.45) is 0. The molecule has 1 saturated heterocycles. The van der Waals surface area contributed by atoms with Crippen LogP contribution in [0.1, 0.15) is 5.56 Å². The highest BCUT2D eigenvalue weighted by atomic mass is 15.3. The molecular formula is C19H20N4. The van der Waals surface area contributed by atoms with E-state index in [0.29, 0.717) is 0 Å². The Labute approximate surface area is 136 Å². The van der Waals surface area contributed by atoms with E-state index in [9.17, 15) is 0 Å². The standard InChI is InChI=1S/C19H20N4/c1-14-6-8-15(9-7-14)18-16-4-2-3-5-17(16)21-19(22-18)23-12-10-20-11-13-23/h2-9,20H,10-13H2,1H3. The van der Waals surface area contributed by atoms with Crippen LogP contribution in [0.15, 0.2) is 48.5 Å². The predicted molar refractivity (Wildman–Crippen MR) is 94.8 cm³/mol. The average Bonchev–Trinajstić information content (AvgIpc) is 2.62. The lowest BCUT2D eigenvalue weighted by atomic mass is 10.1. The van der Waals surface area contributed by atoms with Gasteiger partial charge in [0, 0.05) is 37.1 Å². The number of rotatable bonds is 2. The molecule has 0 aliphatic carbocycles. The summed E-state index contributed by atoms with van der Waals surface area (Å²) in [4.78, 5) is 12.0. The maximum Gasteiger partial charge on any atom is 0.226 e. The van der Waals surface area contributed by atoms with Gasteiger partial charge in [0.05, 0.1) is 11.2 Å². The zero-order valence-corrected chi connectivity index (χ0v) is 13.3. The molecule has 1 fully saturated rings. The van der Waals surface area contributed by atoms with Gasteiger partial charge >= 0.3 is 0 Å². The first-order valence-corrected chi connectivity index (χ1v) is 8.11. The lowest BCUT2D eigenvalue weighted by Crippen LogP contribution is -2.44. The minimum atomic E-state index is 0.834. The number of aryl methyl sites for hydroxylation is 1. The van der Waals surface area contributed by atoms with Gasteiger partial charge in [-0.15, -0.1) is 0 Å². The third kappa shape index (κ3) is 2.78. The van der Waals surface area contributed by atoms with Gasteiger partial charge in [-0.3, -0.25) is 0 Å². The van der Waals surface area contributed by atoms with Crippen LogP contribution in [0.3, 0.4) is 0 Å². The summed E-state index contributed by atoms with van der Waals surface area (Å²) in [6.45, 7) is 5.97. The fourth-order valence-corrected chi connectivity index (χ4v) is 3.00. The molecule has 2 heterocycles. The van der Waals surface area contributed by atoms with Crippen LogP contribution in [-0.2, 0) is 0 Å². The molecule has 1 aliphatic heterocycles. The molecule has 23 heavy (non-hydrogen) atoms. The van der Waals surface area contributed by atoms with Crippen LogP contribution in [0.4, 0.5) is 5.95 Å². The molecule has 4 rings (SSSR count). The Morgan fingerprint density at radius 3 is 2.43 bits per heavy atom.